The predicted molar refractivity (Wildman–Crippen MR) is 95.9 cm³/mol. The summed E-state index contributed by atoms with van der Waals surface area (Å²) in [6, 6.07) is 12.4. The Bertz CT molecular complexity index is 734. The van der Waals surface area contributed by atoms with E-state index >= 15 is 0 Å². The van der Waals surface area contributed by atoms with Crippen LogP contribution in [0.5, 0.6) is 11.5 Å². The van der Waals surface area contributed by atoms with Crippen molar-refractivity contribution in [2.75, 3.05) is 0 Å². The van der Waals surface area contributed by atoms with Crippen LogP contribution in [0.1, 0.15) is 26.3 Å². The molecule has 0 fully saturated rings. The van der Waals surface area contributed by atoms with Crippen LogP contribution in [0.25, 0.3) is 0 Å². The van der Waals surface area contributed by atoms with Crippen LogP contribution in [-0.4, -0.2) is 11.2 Å². The van der Waals surface area contributed by atoms with E-state index in [-0.39, 0.29) is 23.6 Å². The first-order chi connectivity index (χ1) is 11.7. The lowest BCUT2D eigenvalue weighted by Gasteiger charge is -2.16. The summed E-state index contributed by atoms with van der Waals surface area (Å²) in [6.45, 7) is 5.58. The minimum absolute atomic E-state index is 0.0603. The minimum atomic E-state index is -0.564. The van der Waals surface area contributed by atoms with Crippen molar-refractivity contribution in [2.24, 2.45) is 5.41 Å². The summed E-state index contributed by atoms with van der Waals surface area (Å²) in [5.41, 5.74) is 0.270. The van der Waals surface area contributed by atoms with Crippen LogP contribution in [0.2, 0.25) is 0 Å². The Labute approximate surface area is 151 Å². The fourth-order valence-electron chi connectivity index (χ4n) is 1.68. The topological polar surface area (TPSA) is 44.8 Å². The Morgan fingerprint density at radius 1 is 0.960 bits per heavy atom. The molecular weight excluding hydrogens is 343 g/mol. The molecule has 25 heavy (non-hydrogen) atoms. The van der Waals surface area contributed by atoms with Crippen LogP contribution >= 0.6 is 12.2 Å². The summed E-state index contributed by atoms with van der Waals surface area (Å²) in [5, 5.41) is -0.0603. The van der Waals surface area contributed by atoms with Gasteiger partial charge in [0.25, 0.3) is 0 Å². The Hall–Kier alpha value is -2.47. The fraction of sp³-hybridized carbons (Fsp3) is 0.263. The molecule has 0 radical (unpaired) electrons. The number of carbonyl (C=O) groups excluding carboxylic acids is 1. The van der Waals surface area contributed by atoms with Crippen LogP contribution in [0.4, 0.5) is 4.39 Å². The summed E-state index contributed by atoms with van der Waals surface area (Å²) in [4.78, 5) is 11.8. The van der Waals surface area contributed by atoms with Crippen molar-refractivity contribution in [3.63, 3.8) is 0 Å². The third kappa shape index (κ3) is 6.15. The molecule has 2 rings (SSSR count). The molecule has 0 aliphatic rings. The molecule has 0 amide bonds. The number of halogens is 1. The minimum Gasteiger partial charge on any atom is -0.452 e. The summed E-state index contributed by atoms with van der Waals surface area (Å²) >= 11 is 4.98. The fourth-order valence-corrected chi connectivity index (χ4v) is 1.84. The maximum Gasteiger partial charge on any atom is 0.358 e. The summed E-state index contributed by atoms with van der Waals surface area (Å²) < 4.78 is 28.7. The summed E-state index contributed by atoms with van der Waals surface area (Å²) in [5.74, 6) is 0.210. The molecule has 0 heterocycles. The Morgan fingerprint density at radius 3 is 2.04 bits per heavy atom. The van der Waals surface area contributed by atoms with E-state index in [1.54, 1.807) is 45.0 Å². The molecule has 0 saturated heterocycles. The van der Waals surface area contributed by atoms with Gasteiger partial charge in [-0.25, -0.2) is 4.39 Å². The Balaban J connectivity index is 1.83. The van der Waals surface area contributed by atoms with Gasteiger partial charge in [-0.2, -0.15) is 0 Å². The molecular formula is C19H19FO4S. The highest BCUT2D eigenvalue weighted by molar-refractivity contribution is 7.79. The molecule has 2 aromatic rings. The quantitative estimate of drug-likeness (QED) is 0.450. The monoisotopic (exact) mass is 362 g/mol. The van der Waals surface area contributed by atoms with Gasteiger partial charge in [-0.15, -0.1) is 0 Å². The molecule has 0 bridgehead atoms. The first-order valence-electron chi connectivity index (χ1n) is 7.65. The lowest BCUT2D eigenvalue weighted by atomic mass is 9.97. The molecule has 0 aliphatic heterocycles. The van der Waals surface area contributed by atoms with Crippen LogP contribution in [-0.2, 0) is 16.1 Å². The number of hydrogen-bond acceptors (Lipinski definition) is 5. The molecule has 0 N–H and O–H groups in total. The van der Waals surface area contributed by atoms with Crippen molar-refractivity contribution < 1.29 is 23.4 Å². The van der Waals surface area contributed by atoms with Gasteiger partial charge in [0.15, 0.2) is 0 Å². The zero-order chi connectivity index (χ0) is 18.4. The molecule has 6 heteroatoms. The third-order valence-electron chi connectivity index (χ3n) is 3.12. The van der Waals surface area contributed by atoms with Crippen molar-refractivity contribution in [2.45, 2.75) is 27.4 Å². The van der Waals surface area contributed by atoms with Crippen molar-refractivity contribution in [3.8, 4) is 11.5 Å². The van der Waals surface area contributed by atoms with Gasteiger partial charge in [0.1, 0.15) is 23.9 Å². The molecule has 0 aromatic heterocycles. The van der Waals surface area contributed by atoms with E-state index in [1.807, 2.05) is 0 Å². The zero-order valence-electron chi connectivity index (χ0n) is 14.2. The molecule has 0 atom stereocenters. The van der Waals surface area contributed by atoms with Gasteiger partial charge in [0, 0.05) is 12.2 Å². The first-order valence-corrected chi connectivity index (χ1v) is 8.06. The van der Waals surface area contributed by atoms with Gasteiger partial charge in [0.05, 0.1) is 5.41 Å². The van der Waals surface area contributed by atoms with Crippen LogP contribution < -0.4 is 9.47 Å². The number of esters is 1. The van der Waals surface area contributed by atoms with Crippen molar-refractivity contribution in [1.29, 1.82) is 0 Å². The van der Waals surface area contributed by atoms with Gasteiger partial charge in [-0.3, -0.25) is 4.79 Å². The number of hydrogen-bond donors (Lipinski definition) is 0. The van der Waals surface area contributed by atoms with E-state index in [0.717, 1.165) is 5.56 Å². The number of rotatable bonds is 4. The maximum atomic E-state index is 12.8. The normalized spacial score (nSPS) is 10.9. The first kappa shape index (κ1) is 18.9. The van der Waals surface area contributed by atoms with Crippen molar-refractivity contribution in [3.05, 3.63) is 59.9 Å². The average molecular weight is 362 g/mol. The smallest absolute Gasteiger partial charge is 0.358 e. The van der Waals surface area contributed by atoms with E-state index in [4.69, 9.17) is 26.4 Å². The number of benzene rings is 2. The molecule has 0 aliphatic carbocycles. The molecule has 4 nitrogen and oxygen atoms in total. The lowest BCUT2D eigenvalue weighted by molar-refractivity contribution is -0.142. The van der Waals surface area contributed by atoms with Crippen LogP contribution in [0.15, 0.2) is 48.5 Å². The van der Waals surface area contributed by atoms with Crippen molar-refractivity contribution >= 4 is 23.4 Å². The largest absolute Gasteiger partial charge is 0.452 e. The van der Waals surface area contributed by atoms with Gasteiger partial charge < -0.3 is 14.2 Å². The Kier molecular flexibility index (Phi) is 6.09. The van der Waals surface area contributed by atoms with Crippen LogP contribution in [0, 0.1) is 11.2 Å². The second-order valence-corrected chi connectivity index (χ2v) is 6.71. The average Bonchev–Trinajstić information content (AvgIpc) is 2.55. The van der Waals surface area contributed by atoms with E-state index in [9.17, 15) is 9.18 Å². The van der Waals surface area contributed by atoms with Gasteiger partial charge in [-0.1, -0.05) is 12.1 Å². The zero-order valence-corrected chi connectivity index (χ0v) is 15.1. The highest BCUT2D eigenvalue weighted by Crippen LogP contribution is 2.20. The molecule has 0 saturated carbocycles. The number of carbonyl (C=O) groups is 1. The van der Waals surface area contributed by atoms with E-state index in [1.165, 1.54) is 24.3 Å². The van der Waals surface area contributed by atoms with Gasteiger partial charge in [-0.05, 0) is 62.7 Å². The SMILES string of the molecule is CC(C)(C)C(=O)Oc1ccc(COC(=S)Oc2ccc(F)cc2)cc1. The second-order valence-electron chi connectivity index (χ2n) is 6.38. The van der Waals surface area contributed by atoms with E-state index < -0.39 is 5.41 Å². The lowest BCUT2D eigenvalue weighted by Crippen LogP contribution is -2.25. The highest BCUT2D eigenvalue weighted by atomic mass is 32.1. The van der Waals surface area contributed by atoms with E-state index in [2.05, 4.69) is 0 Å². The van der Waals surface area contributed by atoms with Crippen molar-refractivity contribution in [1.82, 2.24) is 0 Å². The highest BCUT2D eigenvalue weighted by Gasteiger charge is 2.23. The molecule has 0 spiro atoms. The summed E-state index contributed by atoms with van der Waals surface area (Å²) in [6.07, 6.45) is 0. The standard InChI is InChI=1S/C19H19FO4S/c1-19(2,3)17(21)23-15-8-4-13(5-9-15)12-22-18(25)24-16-10-6-14(20)7-11-16/h4-11H,12H2,1-3H3. The number of ether oxygens (including phenoxy) is 3. The molecule has 132 valence electrons. The third-order valence-corrected chi connectivity index (χ3v) is 3.32. The van der Waals surface area contributed by atoms with Gasteiger partial charge >= 0.3 is 11.2 Å². The molecule has 2 aromatic carbocycles. The molecule has 0 unspecified atom stereocenters. The van der Waals surface area contributed by atoms with Crippen LogP contribution in [0.3, 0.4) is 0 Å². The second kappa shape index (κ2) is 8.07. The van der Waals surface area contributed by atoms with Gasteiger partial charge in [0.2, 0.25) is 0 Å². The predicted octanol–water partition coefficient (Wildman–Crippen LogP) is 4.66. The Morgan fingerprint density at radius 2 is 1.48 bits per heavy atom. The van der Waals surface area contributed by atoms with E-state index in [0.29, 0.717) is 11.5 Å². The maximum absolute atomic E-state index is 12.8. The number of thiocarbonyl (C=S) groups is 1. The summed E-state index contributed by atoms with van der Waals surface area (Å²) in [7, 11) is 0.